The van der Waals surface area contributed by atoms with Gasteiger partial charge in [0.05, 0.1) is 5.69 Å². The summed E-state index contributed by atoms with van der Waals surface area (Å²) in [6.45, 7) is 6.56. The molecule has 2 rings (SSSR count). The normalized spacial score (nSPS) is 11.8. The van der Waals surface area contributed by atoms with Crippen molar-refractivity contribution in [2.24, 2.45) is 0 Å². The Balaban J connectivity index is 2.39. The summed E-state index contributed by atoms with van der Waals surface area (Å²) >= 11 is 5.19. The fourth-order valence-corrected chi connectivity index (χ4v) is 2.82. The summed E-state index contributed by atoms with van der Waals surface area (Å²) in [7, 11) is 0. The molecule has 0 saturated carbocycles. The highest BCUT2D eigenvalue weighted by Crippen LogP contribution is 2.30. The quantitative estimate of drug-likeness (QED) is 0.731. The molecule has 3 heteroatoms. The topological polar surface area (TPSA) is 12.9 Å². The highest BCUT2D eigenvalue weighted by atomic mass is 79.9. The summed E-state index contributed by atoms with van der Waals surface area (Å²) in [5.41, 5.74) is 2.46. The fraction of sp³-hybridized carbons (Fsp3) is 0.308. The summed E-state index contributed by atoms with van der Waals surface area (Å²) in [6, 6.07) is 8.26. The Bertz CT molecular complexity index is 497. The lowest BCUT2D eigenvalue weighted by molar-refractivity contribution is 0.573. The molecular formula is C13H14BrNS. The lowest BCUT2D eigenvalue weighted by atomic mass is 9.93. The van der Waals surface area contributed by atoms with E-state index in [1.807, 2.05) is 12.1 Å². The van der Waals surface area contributed by atoms with Crippen LogP contribution in [0.25, 0.3) is 10.6 Å². The number of nitrogens with zero attached hydrogens (tertiary/aromatic N) is 1. The first-order valence-corrected chi connectivity index (χ1v) is 6.86. The van der Waals surface area contributed by atoms with Gasteiger partial charge in [-0.05, 0) is 12.1 Å². The van der Waals surface area contributed by atoms with E-state index in [4.69, 9.17) is 4.98 Å². The number of thiazole rings is 1. The van der Waals surface area contributed by atoms with Gasteiger partial charge in [0, 0.05) is 20.8 Å². The molecule has 0 saturated heterocycles. The van der Waals surface area contributed by atoms with Gasteiger partial charge in [0.25, 0.3) is 0 Å². The molecule has 1 aromatic heterocycles. The molecule has 1 heterocycles. The van der Waals surface area contributed by atoms with Gasteiger partial charge in [-0.3, -0.25) is 0 Å². The molecule has 0 amide bonds. The number of halogens is 1. The van der Waals surface area contributed by atoms with Gasteiger partial charge in [-0.25, -0.2) is 4.98 Å². The third-order valence-corrected chi connectivity index (χ3v) is 3.73. The van der Waals surface area contributed by atoms with Crippen LogP contribution in [0.5, 0.6) is 0 Å². The zero-order chi connectivity index (χ0) is 11.8. The van der Waals surface area contributed by atoms with Crippen LogP contribution in [0.3, 0.4) is 0 Å². The Kier molecular flexibility index (Phi) is 3.17. The van der Waals surface area contributed by atoms with Crippen LogP contribution in [0, 0.1) is 0 Å². The van der Waals surface area contributed by atoms with E-state index in [2.05, 4.69) is 54.2 Å². The van der Waals surface area contributed by atoms with Crippen LogP contribution in [0.4, 0.5) is 0 Å². The third kappa shape index (κ3) is 2.53. The number of hydrogen-bond donors (Lipinski definition) is 0. The summed E-state index contributed by atoms with van der Waals surface area (Å²) < 4.78 is 1.09. The minimum atomic E-state index is 0.126. The SMILES string of the molecule is CC(C)(C)c1csc(-c2cccc(Br)c2)n1. The Morgan fingerprint density at radius 3 is 2.56 bits per heavy atom. The van der Waals surface area contributed by atoms with Gasteiger partial charge in [0.2, 0.25) is 0 Å². The lowest BCUT2D eigenvalue weighted by Gasteiger charge is -2.14. The van der Waals surface area contributed by atoms with Crippen LogP contribution in [-0.2, 0) is 5.41 Å². The standard InChI is InChI=1S/C13H14BrNS/c1-13(2,3)11-8-16-12(15-11)9-5-4-6-10(14)7-9/h4-8H,1-3H3. The van der Waals surface area contributed by atoms with Gasteiger partial charge >= 0.3 is 0 Å². The van der Waals surface area contributed by atoms with Gasteiger partial charge in [-0.1, -0.05) is 48.8 Å². The van der Waals surface area contributed by atoms with Gasteiger partial charge < -0.3 is 0 Å². The van der Waals surface area contributed by atoms with E-state index in [-0.39, 0.29) is 5.41 Å². The van der Waals surface area contributed by atoms with E-state index >= 15 is 0 Å². The predicted octanol–water partition coefficient (Wildman–Crippen LogP) is 4.87. The highest BCUT2D eigenvalue weighted by Gasteiger charge is 2.17. The van der Waals surface area contributed by atoms with Crippen molar-refractivity contribution in [2.75, 3.05) is 0 Å². The number of aromatic nitrogens is 1. The first-order valence-electron chi connectivity index (χ1n) is 5.19. The largest absolute Gasteiger partial charge is 0.241 e. The van der Waals surface area contributed by atoms with Crippen molar-refractivity contribution < 1.29 is 0 Å². The van der Waals surface area contributed by atoms with E-state index in [1.165, 1.54) is 5.56 Å². The first kappa shape index (κ1) is 11.8. The smallest absolute Gasteiger partial charge is 0.123 e. The van der Waals surface area contributed by atoms with E-state index in [0.717, 1.165) is 15.2 Å². The highest BCUT2D eigenvalue weighted by molar-refractivity contribution is 9.10. The Labute approximate surface area is 109 Å². The maximum atomic E-state index is 4.69. The number of rotatable bonds is 1. The van der Waals surface area contributed by atoms with Gasteiger partial charge in [-0.15, -0.1) is 11.3 Å². The van der Waals surface area contributed by atoms with Crippen molar-refractivity contribution in [1.29, 1.82) is 0 Å². The van der Waals surface area contributed by atoms with Crippen LogP contribution in [0.2, 0.25) is 0 Å². The Morgan fingerprint density at radius 1 is 1.25 bits per heavy atom. The van der Waals surface area contributed by atoms with Crippen molar-refractivity contribution in [2.45, 2.75) is 26.2 Å². The monoisotopic (exact) mass is 295 g/mol. The predicted molar refractivity (Wildman–Crippen MR) is 74.0 cm³/mol. The second-order valence-electron chi connectivity index (χ2n) is 4.80. The molecular weight excluding hydrogens is 282 g/mol. The molecule has 0 aliphatic rings. The van der Waals surface area contributed by atoms with Crippen LogP contribution >= 0.6 is 27.3 Å². The lowest BCUT2D eigenvalue weighted by Crippen LogP contribution is -2.11. The molecule has 0 aliphatic heterocycles. The molecule has 1 nitrogen and oxygen atoms in total. The third-order valence-electron chi connectivity index (χ3n) is 2.34. The molecule has 16 heavy (non-hydrogen) atoms. The minimum Gasteiger partial charge on any atom is -0.241 e. The molecule has 2 aromatic rings. The maximum Gasteiger partial charge on any atom is 0.123 e. The Morgan fingerprint density at radius 2 is 2.00 bits per heavy atom. The van der Waals surface area contributed by atoms with Gasteiger partial charge in [0.15, 0.2) is 0 Å². The van der Waals surface area contributed by atoms with Crippen LogP contribution in [0.1, 0.15) is 26.5 Å². The number of hydrogen-bond acceptors (Lipinski definition) is 2. The molecule has 1 aromatic carbocycles. The molecule has 0 bridgehead atoms. The van der Waals surface area contributed by atoms with Gasteiger partial charge in [-0.2, -0.15) is 0 Å². The Hall–Kier alpha value is -0.670. The molecule has 0 N–H and O–H groups in total. The molecule has 0 atom stereocenters. The van der Waals surface area contributed by atoms with Crippen molar-refractivity contribution in [1.82, 2.24) is 4.98 Å². The van der Waals surface area contributed by atoms with Crippen molar-refractivity contribution in [3.63, 3.8) is 0 Å². The maximum absolute atomic E-state index is 4.69. The summed E-state index contributed by atoms with van der Waals surface area (Å²) in [5.74, 6) is 0. The molecule has 84 valence electrons. The summed E-state index contributed by atoms with van der Waals surface area (Å²) in [5, 5.41) is 3.24. The second-order valence-corrected chi connectivity index (χ2v) is 6.57. The van der Waals surface area contributed by atoms with Gasteiger partial charge in [0.1, 0.15) is 5.01 Å². The van der Waals surface area contributed by atoms with E-state index < -0.39 is 0 Å². The molecule has 0 fully saturated rings. The summed E-state index contributed by atoms with van der Waals surface area (Å²) in [4.78, 5) is 4.69. The number of benzene rings is 1. The van der Waals surface area contributed by atoms with Crippen molar-refractivity contribution >= 4 is 27.3 Å². The van der Waals surface area contributed by atoms with Crippen LogP contribution in [0.15, 0.2) is 34.1 Å². The van der Waals surface area contributed by atoms with Crippen molar-refractivity contribution in [3.05, 3.63) is 39.8 Å². The fourth-order valence-electron chi connectivity index (χ4n) is 1.37. The van der Waals surface area contributed by atoms with E-state index in [9.17, 15) is 0 Å². The zero-order valence-corrected chi connectivity index (χ0v) is 12.0. The molecule has 0 spiro atoms. The minimum absolute atomic E-state index is 0.126. The van der Waals surface area contributed by atoms with Crippen molar-refractivity contribution in [3.8, 4) is 10.6 Å². The molecule has 0 radical (unpaired) electrons. The average Bonchev–Trinajstić information content (AvgIpc) is 2.65. The van der Waals surface area contributed by atoms with E-state index in [0.29, 0.717) is 0 Å². The second kappa shape index (κ2) is 4.30. The van der Waals surface area contributed by atoms with Crippen LogP contribution < -0.4 is 0 Å². The average molecular weight is 296 g/mol. The zero-order valence-electron chi connectivity index (χ0n) is 9.62. The first-order chi connectivity index (χ1) is 7.47. The van der Waals surface area contributed by atoms with E-state index in [1.54, 1.807) is 11.3 Å². The summed E-state index contributed by atoms with van der Waals surface area (Å²) in [6.07, 6.45) is 0. The molecule has 0 aliphatic carbocycles. The molecule has 0 unspecified atom stereocenters. The van der Waals surface area contributed by atoms with Crippen LogP contribution in [-0.4, -0.2) is 4.98 Å².